The molecule has 0 aromatic heterocycles. The molecule has 0 amide bonds. The van der Waals surface area contributed by atoms with Crippen molar-refractivity contribution in [3.63, 3.8) is 0 Å². The van der Waals surface area contributed by atoms with Crippen LogP contribution in [-0.2, 0) is 0 Å². The Labute approximate surface area is 114 Å². The van der Waals surface area contributed by atoms with Crippen molar-refractivity contribution in [3.05, 3.63) is 52.0 Å². The van der Waals surface area contributed by atoms with Crippen LogP contribution in [0.3, 0.4) is 0 Å². The van der Waals surface area contributed by atoms with E-state index in [9.17, 15) is 0 Å². The predicted molar refractivity (Wildman–Crippen MR) is 72.1 cm³/mol. The van der Waals surface area contributed by atoms with Gasteiger partial charge in [-0.2, -0.15) is 5.26 Å². The first kappa shape index (κ1) is 12.6. The summed E-state index contributed by atoms with van der Waals surface area (Å²) in [7, 11) is 0. The van der Waals surface area contributed by atoms with Crippen LogP contribution in [-0.4, -0.2) is 0 Å². The summed E-state index contributed by atoms with van der Waals surface area (Å²) in [5, 5.41) is 9.92. The summed E-state index contributed by atoms with van der Waals surface area (Å²) < 4.78 is 5.57. The Hall–Kier alpha value is -1.89. The molecule has 90 valence electrons. The molecule has 2 aromatic carbocycles. The van der Waals surface area contributed by atoms with Gasteiger partial charge in [0.15, 0.2) is 0 Å². The molecule has 0 aliphatic carbocycles. The number of nitriles is 1. The van der Waals surface area contributed by atoms with Crippen molar-refractivity contribution >= 4 is 28.9 Å². The number of nitrogen functional groups attached to an aromatic ring is 1. The third kappa shape index (κ3) is 2.67. The highest BCUT2D eigenvalue weighted by Crippen LogP contribution is 2.33. The first-order valence-corrected chi connectivity index (χ1v) is 5.78. The van der Waals surface area contributed by atoms with Crippen LogP contribution in [0.15, 0.2) is 36.4 Å². The van der Waals surface area contributed by atoms with Crippen LogP contribution in [0.2, 0.25) is 10.0 Å². The van der Waals surface area contributed by atoms with E-state index in [0.29, 0.717) is 32.8 Å². The summed E-state index contributed by atoms with van der Waals surface area (Å²) >= 11 is 11.8. The summed E-state index contributed by atoms with van der Waals surface area (Å²) in [4.78, 5) is 0. The second-order valence-corrected chi connectivity index (χ2v) is 4.39. The molecule has 2 aromatic rings. The number of anilines is 1. The number of ether oxygens (including phenoxy) is 1. The van der Waals surface area contributed by atoms with E-state index in [1.807, 2.05) is 6.07 Å². The number of hydrogen-bond donors (Lipinski definition) is 1. The van der Waals surface area contributed by atoms with Gasteiger partial charge in [-0.25, -0.2) is 0 Å². The van der Waals surface area contributed by atoms with Crippen molar-refractivity contribution in [1.82, 2.24) is 0 Å². The molecule has 0 bridgehead atoms. The van der Waals surface area contributed by atoms with Crippen molar-refractivity contribution in [2.24, 2.45) is 0 Å². The maximum atomic E-state index is 9.00. The molecular formula is C13H8Cl2N2O. The zero-order valence-corrected chi connectivity index (χ0v) is 10.7. The highest BCUT2D eigenvalue weighted by Gasteiger charge is 2.08. The van der Waals surface area contributed by atoms with Crippen molar-refractivity contribution in [1.29, 1.82) is 5.26 Å². The molecule has 0 atom stereocenters. The Balaban J connectivity index is 2.40. The smallest absolute Gasteiger partial charge is 0.147 e. The minimum absolute atomic E-state index is 0.339. The zero-order valence-electron chi connectivity index (χ0n) is 9.15. The minimum Gasteiger partial charge on any atom is -0.454 e. The van der Waals surface area contributed by atoms with Gasteiger partial charge in [0, 0.05) is 16.8 Å². The van der Waals surface area contributed by atoms with Crippen LogP contribution in [0.4, 0.5) is 5.69 Å². The number of rotatable bonds is 2. The van der Waals surface area contributed by atoms with Gasteiger partial charge >= 0.3 is 0 Å². The molecule has 2 rings (SSSR count). The highest BCUT2D eigenvalue weighted by atomic mass is 35.5. The van der Waals surface area contributed by atoms with Gasteiger partial charge < -0.3 is 10.5 Å². The molecule has 0 unspecified atom stereocenters. The number of nitrogens with zero attached hydrogens (tertiary/aromatic N) is 1. The van der Waals surface area contributed by atoms with E-state index >= 15 is 0 Å². The normalized spacial score (nSPS) is 9.83. The lowest BCUT2D eigenvalue weighted by molar-refractivity contribution is 0.481. The van der Waals surface area contributed by atoms with Crippen molar-refractivity contribution in [3.8, 4) is 17.6 Å². The maximum absolute atomic E-state index is 9.00. The fourth-order valence-electron chi connectivity index (χ4n) is 1.40. The number of nitrogens with two attached hydrogens (primary N) is 1. The molecule has 0 saturated carbocycles. The Kier molecular flexibility index (Phi) is 3.61. The summed E-state index contributed by atoms with van der Waals surface area (Å²) in [6.45, 7) is 0. The Morgan fingerprint density at radius 3 is 2.56 bits per heavy atom. The highest BCUT2D eigenvalue weighted by molar-refractivity contribution is 6.34. The van der Waals surface area contributed by atoms with E-state index < -0.39 is 0 Å². The molecular weight excluding hydrogens is 271 g/mol. The Bertz CT molecular complexity index is 635. The molecule has 0 aliphatic heterocycles. The van der Waals surface area contributed by atoms with E-state index in [1.54, 1.807) is 30.3 Å². The van der Waals surface area contributed by atoms with Gasteiger partial charge in [-0.1, -0.05) is 23.2 Å². The average Bonchev–Trinajstić information content (AvgIpc) is 2.36. The molecule has 0 heterocycles. The molecule has 0 radical (unpaired) electrons. The van der Waals surface area contributed by atoms with Crippen LogP contribution in [0.5, 0.6) is 11.5 Å². The minimum atomic E-state index is 0.339. The molecule has 2 N–H and O–H groups in total. The zero-order chi connectivity index (χ0) is 13.1. The van der Waals surface area contributed by atoms with Crippen LogP contribution in [0.25, 0.3) is 0 Å². The predicted octanol–water partition coefficient (Wildman–Crippen LogP) is 4.24. The fourth-order valence-corrected chi connectivity index (χ4v) is 1.72. The van der Waals surface area contributed by atoms with Gasteiger partial charge in [0.05, 0.1) is 10.6 Å². The molecule has 18 heavy (non-hydrogen) atoms. The lowest BCUT2D eigenvalue weighted by Crippen LogP contribution is -1.92. The molecule has 3 nitrogen and oxygen atoms in total. The third-order valence-corrected chi connectivity index (χ3v) is 2.78. The van der Waals surface area contributed by atoms with E-state index in [0.717, 1.165) is 0 Å². The van der Waals surface area contributed by atoms with Crippen LogP contribution < -0.4 is 10.5 Å². The largest absolute Gasteiger partial charge is 0.454 e. The molecule has 5 heteroatoms. The second-order valence-electron chi connectivity index (χ2n) is 3.54. The van der Waals surface area contributed by atoms with Crippen molar-refractivity contribution < 1.29 is 4.74 Å². The molecule has 0 fully saturated rings. The van der Waals surface area contributed by atoms with Crippen LogP contribution in [0.1, 0.15) is 5.56 Å². The van der Waals surface area contributed by atoms with Crippen molar-refractivity contribution in [2.45, 2.75) is 0 Å². The van der Waals surface area contributed by atoms with Crippen LogP contribution in [0, 0.1) is 11.3 Å². The molecule has 0 saturated heterocycles. The average molecular weight is 279 g/mol. The standard InChI is InChI=1S/C13H8Cl2N2O/c14-9-1-3-11(15)13(6-9)18-12-4-2-10(17)5-8(12)7-16/h1-6H,17H2. The van der Waals surface area contributed by atoms with Gasteiger partial charge in [-0.05, 0) is 30.3 Å². The second kappa shape index (κ2) is 5.18. The third-order valence-electron chi connectivity index (χ3n) is 2.24. The first-order chi connectivity index (χ1) is 8.60. The summed E-state index contributed by atoms with van der Waals surface area (Å²) in [5.41, 5.74) is 6.43. The quantitative estimate of drug-likeness (QED) is 0.836. The van der Waals surface area contributed by atoms with Gasteiger partial charge in [0.1, 0.15) is 17.6 Å². The molecule has 0 aliphatic rings. The monoisotopic (exact) mass is 278 g/mol. The van der Waals surface area contributed by atoms with E-state index in [2.05, 4.69) is 0 Å². The van der Waals surface area contributed by atoms with Gasteiger partial charge in [0.25, 0.3) is 0 Å². The van der Waals surface area contributed by atoms with Gasteiger partial charge in [-0.3, -0.25) is 0 Å². The molecule has 0 spiro atoms. The lowest BCUT2D eigenvalue weighted by atomic mass is 10.2. The first-order valence-electron chi connectivity index (χ1n) is 5.02. The SMILES string of the molecule is N#Cc1cc(N)ccc1Oc1cc(Cl)ccc1Cl. The number of halogens is 2. The Morgan fingerprint density at radius 2 is 1.83 bits per heavy atom. The topological polar surface area (TPSA) is 59.0 Å². The van der Waals surface area contributed by atoms with Gasteiger partial charge in [-0.15, -0.1) is 0 Å². The fraction of sp³-hybridized carbons (Fsp3) is 0. The number of benzene rings is 2. The van der Waals surface area contributed by atoms with Crippen LogP contribution >= 0.6 is 23.2 Å². The van der Waals surface area contributed by atoms with E-state index in [1.165, 1.54) is 6.07 Å². The van der Waals surface area contributed by atoms with E-state index in [4.69, 9.17) is 38.9 Å². The lowest BCUT2D eigenvalue weighted by Gasteiger charge is -2.09. The summed E-state index contributed by atoms with van der Waals surface area (Å²) in [5.74, 6) is 0.779. The van der Waals surface area contributed by atoms with E-state index in [-0.39, 0.29) is 0 Å². The maximum Gasteiger partial charge on any atom is 0.147 e. The Morgan fingerprint density at radius 1 is 1.06 bits per heavy atom. The number of hydrogen-bond acceptors (Lipinski definition) is 3. The summed E-state index contributed by atoms with van der Waals surface area (Å²) in [6, 6.07) is 11.7. The summed E-state index contributed by atoms with van der Waals surface area (Å²) in [6.07, 6.45) is 0. The van der Waals surface area contributed by atoms with Crippen molar-refractivity contribution in [2.75, 3.05) is 5.73 Å². The van der Waals surface area contributed by atoms with Gasteiger partial charge in [0.2, 0.25) is 0 Å².